The predicted octanol–water partition coefficient (Wildman–Crippen LogP) is 9.68. The Labute approximate surface area is 261 Å². The fraction of sp³-hybridized carbons (Fsp3) is 0. The number of aromatic nitrogens is 5. The van der Waals surface area contributed by atoms with E-state index in [0.717, 1.165) is 78.0 Å². The molecule has 0 aliphatic rings. The molecular formula is C39H23F2N5. The number of nitrogens with zero attached hydrogens (tertiary/aromatic N) is 5. The van der Waals surface area contributed by atoms with Crippen LogP contribution in [0.2, 0.25) is 0 Å². The Balaban J connectivity index is 1.27. The van der Waals surface area contributed by atoms with Crippen molar-refractivity contribution >= 4 is 43.9 Å². The molecule has 0 saturated heterocycles. The molecule has 9 rings (SSSR count). The van der Waals surface area contributed by atoms with E-state index < -0.39 is 11.6 Å². The van der Waals surface area contributed by atoms with Gasteiger partial charge in [-0.1, -0.05) is 36.4 Å². The molecule has 0 spiro atoms. The fourth-order valence-electron chi connectivity index (χ4n) is 6.67. The number of fused-ring (bicyclic) bond motifs is 6. The van der Waals surface area contributed by atoms with E-state index in [0.29, 0.717) is 5.69 Å². The number of rotatable bonds is 4. The van der Waals surface area contributed by atoms with Crippen LogP contribution in [0.25, 0.3) is 77.6 Å². The van der Waals surface area contributed by atoms with Crippen molar-refractivity contribution in [3.8, 4) is 33.8 Å². The van der Waals surface area contributed by atoms with Gasteiger partial charge in [0.2, 0.25) is 0 Å². The summed E-state index contributed by atoms with van der Waals surface area (Å²) in [5.41, 5.74) is 10.7. The molecule has 9 aromatic rings. The average Bonchev–Trinajstić information content (AvgIpc) is 3.60. The van der Waals surface area contributed by atoms with Gasteiger partial charge in [0.05, 0.1) is 44.5 Å². The molecule has 4 aromatic carbocycles. The molecule has 0 amide bonds. The maximum atomic E-state index is 14.3. The van der Waals surface area contributed by atoms with Crippen molar-refractivity contribution in [2.75, 3.05) is 0 Å². The van der Waals surface area contributed by atoms with Crippen molar-refractivity contribution < 1.29 is 8.78 Å². The van der Waals surface area contributed by atoms with Crippen molar-refractivity contribution in [1.29, 1.82) is 0 Å². The van der Waals surface area contributed by atoms with Crippen LogP contribution in [0.3, 0.4) is 0 Å². The van der Waals surface area contributed by atoms with Crippen LogP contribution in [0.1, 0.15) is 0 Å². The maximum absolute atomic E-state index is 14.3. The lowest BCUT2D eigenvalue weighted by atomic mass is 9.96. The van der Waals surface area contributed by atoms with Gasteiger partial charge < -0.3 is 9.13 Å². The van der Waals surface area contributed by atoms with Gasteiger partial charge in [0.1, 0.15) is 11.6 Å². The Morgan fingerprint density at radius 1 is 0.435 bits per heavy atom. The summed E-state index contributed by atoms with van der Waals surface area (Å²) in [6, 6.07) is 38.2. The molecule has 46 heavy (non-hydrogen) atoms. The van der Waals surface area contributed by atoms with Crippen molar-refractivity contribution in [2.45, 2.75) is 0 Å². The van der Waals surface area contributed by atoms with Gasteiger partial charge in [-0.25, -0.2) is 8.78 Å². The molecule has 0 aliphatic carbocycles. The molecule has 0 aliphatic heterocycles. The van der Waals surface area contributed by atoms with Crippen molar-refractivity contribution in [3.05, 3.63) is 152 Å². The zero-order chi connectivity index (χ0) is 30.8. The Hall–Kier alpha value is -6.21. The lowest BCUT2D eigenvalue weighted by Gasteiger charge is -2.11. The minimum absolute atomic E-state index is 0.401. The van der Waals surface area contributed by atoms with Gasteiger partial charge in [0.15, 0.2) is 0 Å². The van der Waals surface area contributed by atoms with Crippen LogP contribution in [-0.2, 0) is 0 Å². The van der Waals surface area contributed by atoms with Gasteiger partial charge in [0, 0.05) is 46.7 Å². The van der Waals surface area contributed by atoms with E-state index in [4.69, 9.17) is 9.97 Å². The van der Waals surface area contributed by atoms with Gasteiger partial charge >= 0.3 is 0 Å². The minimum atomic E-state index is -0.634. The first-order chi connectivity index (χ1) is 22.6. The quantitative estimate of drug-likeness (QED) is 0.202. The third kappa shape index (κ3) is 4.02. The van der Waals surface area contributed by atoms with E-state index in [1.807, 2.05) is 77.6 Å². The molecule has 0 unspecified atom stereocenters. The molecule has 0 atom stereocenters. The molecule has 5 heterocycles. The largest absolute Gasteiger partial charge is 0.308 e. The average molecular weight is 600 g/mol. The summed E-state index contributed by atoms with van der Waals surface area (Å²) in [6.07, 6.45) is 5.37. The lowest BCUT2D eigenvalue weighted by molar-refractivity contribution is 0.582. The third-order valence-corrected chi connectivity index (χ3v) is 8.57. The summed E-state index contributed by atoms with van der Waals surface area (Å²) in [6.45, 7) is 0. The first kappa shape index (κ1) is 26.2. The van der Waals surface area contributed by atoms with E-state index in [9.17, 15) is 8.78 Å². The highest BCUT2D eigenvalue weighted by Crippen LogP contribution is 2.38. The summed E-state index contributed by atoms with van der Waals surface area (Å²) in [7, 11) is 0. The fourth-order valence-corrected chi connectivity index (χ4v) is 6.67. The molecule has 0 saturated carbocycles. The summed E-state index contributed by atoms with van der Waals surface area (Å²) >= 11 is 0. The van der Waals surface area contributed by atoms with Crippen molar-refractivity contribution in [1.82, 2.24) is 24.1 Å². The Morgan fingerprint density at radius 3 is 1.74 bits per heavy atom. The monoisotopic (exact) mass is 599 g/mol. The molecule has 5 aromatic heterocycles. The van der Waals surface area contributed by atoms with Crippen LogP contribution >= 0.6 is 0 Å². The highest BCUT2D eigenvalue weighted by Gasteiger charge is 2.19. The van der Waals surface area contributed by atoms with Gasteiger partial charge in [-0.2, -0.15) is 0 Å². The Bertz CT molecular complexity index is 2600. The van der Waals surface area contributed by atoms with Crippen molar-refractivity contribution in [3.63, 3.8) is 0 Å². The van der Waals surface area contributed by atoms with Gasteiger partial charge in [0.25, 0.3) is 0 Å². The summed E-state index contributed by atoms with van der Waals surface area (Å²) in [5.74, 6) is -1.27. The molecule has 5 nitrogen and oxygen atoms in total. The molecule has 0 radical (unpaired) electrons. The Kier molecular flexibility index (Phi) is 5.80. The zero-order valence-electron chi connectivity index (χ0n) is 24.3. The molecule has 0 N–H and O–H groups in total. The van der Waals surface area contributed by atoms with E-state index in [1.165, 1.54) is 12.1 Å². The predicted molar refractivity (Wildman–Crippen MR) is 179 cm³/mol. The van der Waals surface area contributed by atoms with E-state index in [-0.39, 0.29) is 0 Å². The highest BCUT2D eigenvalue weighted by atomic mass is 19.1. The number of hydrogen-bond donors (Lipinski definition) is 0. The number of hydrogen-bond acceptors (Lipinski definition) is 3. The lowest BCUT2D eigenvalue weighted by Crippen LogP contribution is -1.97. The maximum Gasteiger partial charge on any atom is 0.128 e. The number of halogens is 2. The van der Waals surface area contributed by atoms with Crippen LogP contribution in [0.4, 0.5) is 8.78 Å². The van der Waals surface area contributed by atoms with Crippen LogP contribution < -0.4 is 0 Å². The first-order valence-electron chi connectivity index (χ1n) is 14.9. The third-order valence-electron chi connectivity index (χ3n) is 8.57. The van der Waals surface area contributed by atoms with Crippen LogP contribution in [-0.4, -0.2) is 24.1 Å². The van der Waals surface area contributed by atoms with Crippen molar-refractivity contribution in [2.24, 2.45) is 0 Å². The molecular weight excluding hydrogens is 576 g/mol. The molecule has 0 bridgehead atoms. The van der Waals surface area contributed by atoms with Crippen LogP contribution in [0.5, 0.6) is 0 Å². The smallest absolute Gasteiger partial charge is 0.128 e. The van der Waals surface area contributed by atoms with Gasteiger partial charge in [-0.05, 0) is 90.0 Å². The van der Waals surface area contributed by atoms with Gasteiger partial charge in [-0.15, -0.1) is 0 Å². The van der Waals surface area contributed by atoms with E-state index in [1.54, 1.807) is 6.20 Å². The standard InChI is InChI=1S/C39H23F2N5/c40-25-20-26(41)22-28(21-25)46-35-15-13-27(23-32(35)39-37(46)11-6-18-44-39)45-34-14-12-24(19-31(34)38-36(45)10-5-17-43-38)29-7-1-2-8-30(29)33-9-3-4-16-42-33/h1-23H. The number of benzene rings is 4. The molecule has 218 valence electrons. The Morgan fingerprint density at radius 2 is 1.04 bits per heavy atom. The normalized spacial score (nSPS) is 11.7. The highest BCUT2D eigenvalue weighted by molar-refractivity contribution is 6.11. The zero-order valence-corrected chi connectivity index (χ0v) is 24.3. The topological polar surface area (TPSA) is 48.5 Å². The second-order valence-electron chi connectivity index (χ2n) is 11.2. The second kappa shape index (κ2) is 10.2. The molecule has 7 heteroatoms. The number of pyridine rings is 3. The second-order valence-corrected chi connectivity index (χ2v) is 11.2. The van der Waals surface area contributed by atoms with E-state index in [2.05, 4.69) is 52.0 Å². The first-order valence-corrected chi connectivity index (χ1v) is 14.9. The summed E-state index contributed by atoms with van der Waals surface area (Å²) in [5, 5.41) is 1.90. The SMILES string of the molecule is Fc1cc(F)cc(-n2c3ccc(-n4c5ccc(-c6ccccc6-c6ccccn6)cc5c5ncccc54)cc3c3ncccc32)c1. The van der Waals surface area contributed by atoms with E-state index >= 15 is 0 Å². The summed E-state index contributed by atoms with van der Waals surface area (Å²) < 4.78 is 32.7. The minimum Gasteiger partial charge on any atom is -0.308 e. The van der Waals surface area contributed by atoms with Crippen LogP contribution in [0.15, 0.2) is 140 Å². The summed E-state index contributed by atoms with van der Waals surface area (Å²) in [4.78, 5) is 14.1. The van der Waals surface area contributed by atoms with Crippen LogP contribution in [0, 0.1) is 11.6 Å². The van der Waals surface area contributed by atoms with Gasteiger partial charge in [-0.3, -0.25) is 15.0 Å². The molecule has 0 fully saturated rings.